The van der Waals surface area contributed by atoms with E-state index in [4.69, 9.17) is 0 Å². The highest BCUT2D eigenvalue weighted by molar-refractivity contribution is 8.19. The van der Waals surface area contributed by atoms with Crippen molar-refractivity contribution in [3.63, 3.8) is 0 Å². The van der Waals surface area contributed by atoms with Crippen molar-refractivity contribution in [2.75, 3.05) is 18.0 Å². The average molecular weight is 488 g/mol. The summed E-state index contributed by atoms with van der Waals surface area (Å²) in [6.45, 7) is 5.97. The molecule has 0 radical (unpaired) electrons. The summed E-state index contributed by atoms with van der Waals surface area (Å²) in [6.07, 6.45) is 7.87. The zero-order valence-corrected chi connectivity index (χ0v) is 20.9. The molecular weight excluding hydrogens is 458 g/mol. The maximum atomic E-state index is 13.2. The topological polar surface area (TPSA) is 62.6 Å². The number of aromatic nitrogens is 1. The maximum absolute atomic E-state index is 13.2. The fraction of sp³-hybridized carbons (Fsp3) is 0.321. The van der Waals surface area contributed by atoms with Crippen LogP contribution < -0.4 is 4.90 Å². The van der Waals surface area contributed by atoms with E-state index in [1.807, 2.05) is 46.9 Å². The van der Waals surface area contributed by atoms with Gasteiger partial charge in [0.2, 0.25) is 5.91 Å². The first-order valence-corrected chi connectivity index (χ1v) is 13.0. The molecule has 0 aliphatic carbocycles. The number of imide groups is 1. The van der Waals surface area contributed by atoms with Gasteiger partial charge in [-0.15, -0.1) is 0 Å². The predicted molar refractivity (Wildman–Crippen MR) is 141 cm³/mol. The second-order valence-corrected chi connectivity index (χ2v) is 10.2. The van der Waals surface area contributed by atoms with E-state index in [9.17, 15) is 14.4 Å². The molecule has 0 atom stereocenters. The molecule has 5 rings (SSSR count). The van der Waals surface area contributed by atoms with Crippen LogP contribution in [0.5, 0.6) is 0 Å². The van der Waals surface area contributed by atoms with Crippen molar-refractivity contribution < 1.29 is 14.4 Å². The standard InChI is InChI=1S/C28H29N3O3S/c1-3-20-8-7-9-23-21(17-30(26(20)23)18-25(32)29-14-5-4-6-15-29)16-24-27(33)31(28(34)35-24)22-12-10-19(2)11-13-22/h7-13,16-17H,3-6,14-15,18H2,1-2H3/b24-16-. The summed E-state index contributed by atoms with van der Waals surface area (Å²) in [5, 5.41) is 0.682. The van der Waals surface area contributed by atoms with Gasteiger partial charge in [0.25, 0.3) is 11.1 Å². The van der Waals surface area contributed by atoms with Crippen LogP contribution in [0, 0.1) is 6.92 Å². The molecule has 0 spiro atoms. The number of rotatable bonds is 5. The molecule has 6 nitrogen and oxygen atoms in total. The quantitative estimate of drug-likeness (QED) is 0.429. The number of piperidine rings is 1. The molecule has 35 heavy (non-hydrogen) atoms. The van der Waals surface area contributed by atoms with Crippen LogP contribution in [-0.2, 0) is 22.6 Å². The highest BCUT2D eigenvalue weighted by Crippen LogP contribution is 2.37. The second kappa shape index (κ2) is 9.74. The van der Waals surface area contributed by atoms with Gasteiger partial charge in [0.05, 0.1) is 16.1 Å². The number of fused-ring (bicyclic) bond motifs is 1. The lowest BCUT2D eigenvalue weighted by atomic mass is 10.1. The van der Waals surface area contributed by atoms with Crippen molar-refractivity contribution in [3.05, 3.63) is 70.3 Å². The van der Waals surface area contributed by atoms with E-state index in [0.29, 0.717) is 10.6 Å². The minimum Gasteiger partial charge on any atom is -0.341 e. The van der Waals surface area contributed by atoms with E-state index >= 15 is 0 Å². The monoisotopic (exact) mass is 487 g/mol. The minimum atomic E-state index is -0.319. The Labute approximate surface area is 209 Å². The van der Waals surface area contributed by atoms with Crippen molar-refractivity contribution >= 4 is 51.5 Å². The number of thioether (sulfide) groups is 1. The Morgan fingerprint density at radius 1 is 1.03 bits per heavy atom. The molecule has 3 amide bonds. The summed E-state index contributed by atoms with van der Waals surface area (Å²) >= 11 is 0.954. The minimum absolute atomic E-state index is 0.124. The highest BCUT2D eigenvalue weighted by atomic mass is 32.2. The van der Waals surface area contributed by atoms with Crippen LogP contribution in [0.15, 0.2) is 53.6 Å². The van der Waals surface area contributed by atoms with Gasteiger partial charge < -0.3 is 9.47 Å². The van der Waals surface area contributed by atoms with Crippen molar-refractivity contribution in [2.45, 2.75) is 46.1 Å². The van der Waals surface area contributed by atoms with Gasteiger partial charge in [0.1, 0.15) is 6.54 Å². The number of carbonyl (C=O) groups excluding carboxylic acids is 3. The number of nitrogens with zero attached hydrogens (tertiary/aromatic N) is 3. The van der Waals surface area contributed by atoms with E-state index in [0.717, 1.165) is 71.7 Å². The molecule has 0 bridgehead atoms. The lowest BCUT2D eigenvalue weighted by Crippen LogP contribution is -2.37. The molecular formula is C28H29N3O3S. The Balaban J connectivity index is 1.50. The van der Waals surface area contributed by atoms with E-state index in [2.05, 4.69) is 13.0 Å². The van der Waals surface area contributed by atoms with Gasteiger partial charge in [0, 0.05) is 30.2 Å². The lowest BCUT2D eigenvalue weighted by Gasteiger charge is -2.27. The Hall–Kier alpha value is -3.32. The highest BCUT2D eigenvalue weighted by Gasteiger charge is 2.36. The number of carbonyl (C=O) groups is 3. The van der Waals surface area contributed by atoms with Gasteiger partial charge >= 0.3 is 0 Å². The van der Waals surface area contributed by atoms with Crippen LogP contribution in [0.25, 0.3) is 17.0 Å². The molecule has 3 heterocycles. The Morgan fingerprint density at radius 2 is 1.77 bits per heavy atom. The normalized spacial score (nSPS) is 17.7. The summed E-state index contributed by atoms with van der Waals surface area (Å²) in [5.74, 6) is -0.195. The largest absolute Gasteiger partial charge is 0.341 e. The smallest absolute Gasteiger partial charge is 0.298 e. The van der Waals surface area contributed by atoms with E-state index < -0.39 is 0 Å². The molecule has 0 N–H and O–H groups in total. The first kappa shape index (κ1) is 23.4. The fourth-order valence-corrected chi connectivity index (χ4v) is 5.74. The van der Waals surface area contributed by atoms with E-state index in [1.54, 1.807) is 18.2 Å². The maximum Gasteiger partial charge on any atom is 0.298 e. The summed E-state index contributed by atoms with van der Waals surface area (Å²) in [6, 6.07) is 13.5. The Bertz CT molecular complexity index is 1330. The summed E-state index contributed by atoms with van der Waals surface area (Å²) in [5.41, 5.74) is 4.65. The molecule has 0 unspecified atom stereocenters. The molecule has 3 aromatic rings. The van der Waals surface area contributed by atoms with Gasteiger partial charge in [-0.2, -0.15) is 0 Å². The third-order valence-electron chi connectivity index (χ3n) is 6.78. The van der Waals surface area contributed by atoms with Crippen LogP contribution >= 0.6 is 11.8 Å². The zero-order chi connectivity index (χ0) is 24.5. The first-order chi connectivity index (χ1) is 17.0. The molecule has 2 aliphatic heterocycles. The molecule has 0 saturated carbocycles. The molecule has 2 fully saturated rings. The number of amides is 3. The van der Waals surface area contributed by atoms with Crippen LogP contribution in [0.2, 0.25) is 0 Å². The first-order valence-electron chi connectivity index (χ1n) is 12.2. The zero-order valence-electron chi connectivity index (χ0n) is 20.1. The number of hydrogen-bond donors (Lipinski definition) is 0. The van der Waals surface area contributed by atoms with Crippen LogP contribution in [0.1, 0.15) is 42.9 Å². The van der Waals surface area contributed by atoms with Gasteiger partial charge in [-0.25, -0.2) is 4.90 Å². The van der Waals surface area contributed by atoms with Crippen molar-refractivity contribution in [1.82, 2.24) is 9.47 Å². The van der Waals surface area contributed by atoms with Gasteiger partial charge in [0.15, 0.2) is 0 Å². The number of hydrogen-bond acceptors (Lipinski definition) is 4. The Morgan fingerprint density at radius 3 is 2.49 bits per heavy atom. The predicted octanol–water partition coefficient (Wildman–Crippen LogP) is 5.77. The molecule has 2 aromatic carbocycles. The SMILES string of the molecule is CCc1cccc2c(/C=C3\SC(=O)N(c4ccc(C)cc4)C3=O)cn(CC(=O)N3CCCCC3)c12. The molecule has 2 aliphatic rings. The number of anilines is 1. The number of para-hydroxylation sites is 1. The second-order valence-electron chi connectivity index (χ2n) is 9.17. The van der Waals surface area contributed by atoms with Crippen LogP contribution in [0.4, 0.5) is 10.5 Å². The average Bonchev–Trinajstić information content (AvgIpc) is 3.36. The summed E-state index contributed by atoms with van der Waals surface area (Å²) < 4.78 is 2.02. The van der Waals surface area contributed by atoms with Gasteiger partial charge in [-0.1, -0.05) is 42.8 Å². The van der Waals surface area contributed by atoms with Crippen molar-refractivity contribution in [3.8, 4) is 0 Å². The molecule has 2 saturated heterocycles. The fourth-order valence-electron chi connectivity index (χ4n) is 4.90. The van der Waals surface area contributed by atoms with Crippen LogP contribution in [-0.4, -0.2) is 39.6 Å². The third kappa shape index (κ3) is 4.52. The van der Waals surface area contributed by atoms with Crippen molar-refractivity contribution in [2.24, 2.45) is 0 Å². The number of likely N-dealkylation sites (tertiary alicyclic amines) is 1. The van der Waals surface area contributed by atoms with Gasteiger partial charge in [-0.05, 0) is 68.1 Å². The van der Waals surface area contributed by atoms with E-state index in [1.165, 1.54) is 11.3 Å². The summed E-state index contributed by atoms with van der Waals surface area (Å²) in [4.78, 5) is 42.6. The Kier molecular flexibility index (Phi) is 6.52. The molecule has 180 valence electrons. The summed E-state index contributed by atoms with van der Waals surface area (Å²) in [7, 11) is 0. The molecule has 1 aromatic heterocycles. The third-order valence-corrected chi connectivity index (χ3v) is 7.65. The lowest BCUT2D eigenvalue weighted by molar-refractivity contribution is -0.132. The number of benzene rings is 2. The van der Waals surface area contributed by atoms with Crippen molar-refractivity contribution in [1.29, 1.82) is 0 Å². The number of aryl methyl sites for hydroxylation is 2. The molecule has 7 heteroatoms. The van der Waals surface area contributed by atoms with Gasteiger partial charge in [-0.3, -0.25) is 14.4 Å². The van der Waals surface area contributed by atoms with Crippen LogP contribution in [0.3, 0.4) is 0 Å². The van der Waals surface area contributed by atoms with E-state index in [-0.39, 0.29) is 23.6 Å².